The molecule has 0 N–H and O–H groups in total. The molecule has 0 amide bonds. The van der Waals surface area contributed by atoms with Crippen molar-refractivity contribution >= 4 is 5.65 Å². The first kappa shape index (κ1) is 8.93. The molecular formula is C9H11N4O. The second-order valence-electron chi connectivity index (χ2n) is 4.21. The van der Waals surface area contributed by atoms with Gasteiger partial charge in [0.1, 0.15) is 6.33 Å². The molecule has 0 aliphatic rings. The van der Waals surface area contributed by atoms with Crippen molar-refractivity contribution in [1.82, 2.24) is 19.6 Å². The third-order valence-electron chi connectivity index (χ3n) is 2.00. The number of fused-ring (bicyclic) bond motifs is 1. The summed E-state index contributed by atoms with van der Waals surface area (Å²) in [5, 5.41) is 15.4. The largest absolute Gasteiger partial charge is 0.371 e. The third kappa shape index (κ3) is 1.30. The molecule has 2 aromatic heterocycles. The van der Waals surface area contributed by atoms with Crippen molar-refractivity contribution in [1.29, 1.82) is 0 Å². The highest BCUT2D eigenvalue weighted by Crippen LogP contribution is 2.22. The van der Waals surface area contributed by atoms with E-state index in [9.17, 15) is 5.11 Å². The zero-order chi connectivity index (χ0) is 10.3. The lowest BCUT2D eigenvalue weighted by atomic mass is 9.93. The van der Waals surface area contributed by atoms with Crippen LogP contribution >= 0.6 is 0 Å². The van der Waals surface area contributed by atoms with Gasteiger partial charge in [-0.2, -0.15) is 14.6 Å². The predicted octanol–water partition coefficient (Wildman–Crippen LogP) is 1.57. The standard InChI is InChI=1S/C9H11N4O/c1-9(2,3)6-4-7-10-5-11-8(14)13(7)12-6/h4-5H,1-3H3. The second kappa shape index (κ2) is 2.67. The molecule has 0 aromatic carbocycles. The maximum atomic E-state index is 11.3. The summed E-state index contributed by atoms with van der Waals surface area (Å²) in [5.41, 5.74) is 1.31. The highest BCUT2D eigenvalue weighted by molar-refractivity contribution is 5.41. The van der Waals surface area contributed by atoms with Crippen molar-refractivity contribution in [2.24, 2.45) is 0 Å². The highest BCUT2D eigenvalue weighted by atomic mass is 16.3. The first-order valence-electron chi connectivity index (χ1n) is 4.37. The Bertz CT molecular complexity index is 469. The van der Waals surface area contributed by atoms with Gasteiger partial charge in [-0.15, -0.1) is 0 Å². The molecule has 0 saturated heterocycles. The average Bonchev–Trinajstić information content (AvgIpc) is 2.48. The van der Waals surface area contributed by atoms with Crippen LogP contribution in [0.3, 0.4) is 0 Å². The lowest BCUT2D eigenvalue weighted by Gasteiger charge is -2.13. The van der Waals surface area contributed by atoms with Gasteiger partial charge in [-0.25, -0.2) is 10.1 Å². The van der Waals surface area contributed by atoms with Gasteiger partial charge in [0, 0.05) is 11.5 Å². The maximum Gasteiger partial charge on any atom is 0.371 e. The molecule has 5 heteroatoms. The van der Waals surface area contributed by atoms with E-state index in [1.54, 1.807) is 0 Å². The summed E-state index contributed by atoms with van der Waals surface area (Å²) in [4.78, 5) is 7.50. The third-order valence-corrected chi connectivity index (χ3v) is 2.00. The zero-order valence-electron chi connectivity index (χ0n) is 8.35. The molecule has 14 heavy (non-hydrogen) atoms. The molecule has 1 radical (unpaired) electrons. The Morgan fingerprint density at radius 3 is 2.57 bits per heavy atom. The highest BCUT2D eigenvalue weighted by Gasteiger charge is 2.19. The van der Waals surface area contributed by atoms with Gasteiger partial charge in [0.05, 0.1) is 5.69 Å². The van der Waals surface area contributed by atoms with Crippen LogP contribution in [0.4, 0.5) is 0 Å². The van der Waals surface area contributed by atoms with Crippen LogP contribution in [0.1, 0.15) is 26.5 Å². The molecule has 5 nitrogen and oxygen atoms in total. The Morgan fingerprint density at radius 2 is 2.00 bits per heavy atom. The minimum absolute atomic E-state index is 0.0832. The summed E-state index contributed by atoms with van der Waals surface area (Å²) in [6.07, 6.45) is 1.26. The molecule has 2 heterocycles. The van der Waals surface area contributed by atoms with Crippen LogP contribution in [0, 0.1) is 0 Å². The minimum Gasteiger partial charge on any atom is -0.243 e. The van der Waals surface area contributed by atoms with Crippen LogP contribution in [0.15, 0.2) is 12.4 Å². The van der Waals surface area contributed by atoms with E-state index in [1.165, 1.54) is 10.8 Å². The Kier molecular flexibility index (Phi) is 1.70. The SMILES string of the molecule is CC(C)(C)c1cc2ncnc([O])n2n1. The van der Waals surface area contributed by atoms with E-state index in [0.29, 0.717) is 5.65 Å². The van der Waals surface area contributed by atoms with E-state index in [0.717, 1.165) is 5.69 Å². The van der Waals surface area contributed by atoms with Crippen LogP contribution in [0.5, 0.6) is 6.01 Å². The number of hydrogen-bond donors (Lipinski definition) is 0. The van der Waals surface area contributed by atoms with E-state index in [1.807, 2.05) is 26.8 Å². The molecule has 0 spiro atoms. The Labute approximate surface area is 81.4 Å². The van der Waals surface area contributed by atoms with Crippen molar-refractivity contribution in [3.05, 3.63) is 18.1 Å². The summed E-state index contributed by atoms with van der Waals surface area (Å²) in [7, 11) is 0. The molecule has 0 aliphatic carbocycles. The molecule has 0 bridgehead atoms. The van der Waals surface area contributed by atoms with Gasteiger partial charge >= 0.3 is 6.01 Å². The van der Waals surface area contributed by atoms with Crippen LogP contribution in [-0.4, -0.2) is 19.6 Å². The number of hydrogen-bond acceptors (Lipinski definition) is 3. The summed E-state index contributed by atoms with van der Waals surface area (Å²) < 4.78 is 1.22. The van der Waals surface area contributed by atoms with Gasteiger partial charge in [-0.1, -0.05) is 20.8 Å². The van der Waals surface area contributed by atoms with Gasteiger partial charge in [0.2, 0.25) is 0 Å². The van der Waals surface area contributed by atoms with Crippen LogP contribution in [0.25, 0.3) is 5.65 Å². The van der Waals surface area contributed by atoms with Crippen molar-refractivity contribution in [2.45, 2.75) is 26.2 Å². The summed E-state index contributed by atoms with van der Waals surface area (Å²) >= 11 is 0. The molecule has 0 aliphatic heterocycles. The molecule has 0 fully saturated rings. The number of rotatable bonds is 0. The summed E-state index contributed by atoms with van der Waals surface area (Å²) in [5.74, 6) is 0. The van der Waals surface area contributed by atoms with Gasteiger partial charge in [0.25, 0.3) is 0 Å². The van der Waals surface area contributed by atoms with Gasteiger partial charge < -0.3 is 0 Å². The molecule has 0 atom stereocenters. The fourth-order valence-electron chi connectivity index (χ4n) is 1.16. The van der Waals surface area contributed by atoms with Crippen LogP contribution < -0.4 is 0 Å². The Balaban J connectivity index is 2.69. The van der Waals surface area contributed by atoms with Gasteiger partial charge in [0.15, 0.2) is 5.65 Å². The van der Waals surface area contributed by atoms with Gasteiger partial charge in [-0.3, -0.25) is 0 Å². The fourth-order valence-corrected chi connectivity index (χ4v) is 1.16. The number of aromatic nitrogens is 4. The zero-order valence-corrected chi connectivity index (χ0v) is 8.35. The quantitative estimate of drug-likeness (QED) is 0.634. The lowest BCUT2D eigenvalue weighted by Crippen LogP contribution is -2.11. The number of nitrogens with zero attached hydrogens (tertiary/aromatic N) is 4. The first-order chi connectivity index (χ1) is 6.48. The van der Waals surface area contributed by atoms with E-state index < -0.39 is 0 Å². The van der Waals surface area contributed by atoms with E-state index in [-0.39, 0.29) is 11.4 Å². The summed E-state index contributed by atoms with van der Waals surface area (Å²) in [6.45, 7) is 6.10. The van der Waals surface area contributed by atoms with E-state index >= 15 is 0 Å². The lowest BCUT2D eigenvalue weighted by molar-refractivity contribution is 0.305. The Hall–Kier alpha value is -1.65. The average molecular weight is 191 g/mol. The minimum atomic E-state index is -0.384. The second-order valence-corrected chi connectivity index (χ2v) is 4.21. The normalized spacial score (nSPS) is 12.2. The van der Waals surface area contributed by atoms with Gasteiger partial charge in [-0.05, 0) is 0 Å². The van der Waals surface area contributed by atoms with Crippen molar-refractivity contribution in [3.63, 3.8) is 0 Å². The first-order valence-corrected chi connectivity index (χ1v) is 4.37. The van der Waals surface area contributed by atoms with Crippen molar-refractivity contribution < 1.29 is 5.11 Å². The predicted molar refractivity (Wildman–Crippen MR) is 49.6 cm³/mol. The van der Waals surface area contributed by atoms with Crippen LogP contribution in [-0.2, 0) is 10.5 Å². The molecule has 73 valence electrons. The maximum absolute atomic E-state index is 11.3. The molecule has 2 aromatic rings. The smallest absolute Gasteiger partial charge is 0.243 e. The topological polar surface area (TPSA) is 63.0 Å². The monoisotopic (exact) mass is 191 g/mol. The molecule has 0 unspecified atom stereocenters. The van der Waals surface area contributed by atoms with Crippen LogP contribution in [0.2, 0.25) is 0 Å². The Morgan fingerprint density at radius 1 is 1.29 bits per heavy atom. The van der Waals surface area contributed by atoms with Crippen molar-refractivity contribution in [2.75, 3.05) is 0 Å². The molecular weight excluding hydrogens is 180 g/mol. The van der Waals surface area contributed by atoms with Crippen molar-refractivity contribution in [3.8, 4) is 6.01 Å². The molecule has 0 saturated carbocycles. The van der Waals surface area contributed by atoms with E-state index in [4.69, 9.17) is 0 Å². The van der Waals surface area contributed by atoms with E-state index in [2.05, 4.69) is 15.1 Å². The summed E-state index contributed by atoms with van der Waals surface area (Å²) in [6, 6.07) is 1.42. The fraction of sp³-hybridized carbons (Fsp3) is 0.444. The molecule has 2 rings (SSSR count).